The number of sulfone groups is 1. The fourth-order valence-electron chi connectivity index (χ4n) is 2.58. The van der Waals surface area contributed by atoms with Crippen LogP contribution in [-0.4, -0.2) is 24.6 Å². The summed E-state index contributed by atoms with van der Waals surface area (Å²) in [5, 5.41) is 0. The van der Waals surface area contributed by atoms with Crippen molar-refractivity contribution < 1.29 is 26.0 Å². The number of nitrogens with one attached hydrogen (secondary N) is 1. The van der Waals surface area contributed by atoms with Crippen molar-refractivity contribution in [2.24, 2.45) is 0 Å². The van der Waals surface area contributed by atoms with E-state index in [4.69, 9.17) is 0 Å². The summed E-state index contributed by atoms with van der Waals surface area (Å²) >= 11 is 0. The van der Waals surface area contributed by atoms with E-state index >= 15 is 0 Å². The molecule has 0 atom stereocenters. The molecule has 3 rings (SSSR count). The molecule has 0 amide bonds. The highest BCUT2D eigenvalue weighted by atomic mass is 32.2. The number of H-pyrrole nitrogens is 1. The molecule has 0 aliphatic rings. The fourth-order valence-corrected chi connectivity index (χ4v) is 3.21. The molecule has 5 nitrogen and oxygen atoms in total. The van der Waals surface area contributed by atoms with E-state index in [0.717, 1.165) is 18.4 Å². The highest BCUT2D eigenvalue weighted by molar-refractivity contribution is 7.90. The summed E-state index contributed by atoms with van der Waals surface area (Å²) in [6.07, 6.45) is -3.91. The second-order valence-corrected chi connectivity index (χ2v) is 7.96. The topological polar surface area (TPSA) is 79.9 Å². The summed E-state index contributed by atoms with van der Waals surface area (Å²) in [5.41, 5.74) is -1.26. The number of benzene rings is 2. The number of alkyl halides is 3. The van der Waals surface area contributed by atoms with Crippen molar-refractivity contribution in [2.75, 3.05) is 6.26 Å². The van der Waals surface area contributed by atoms with E-state index in [1.807, 2.05) is 0 Å². The van der Waals surface area contributed by atoms with Crippen molar-refractivity contribution in [1.29, 1.82) is 0 Å². The van der Waals surface area contributed by atoms with Gasteiger partial charge in [-0.2, -0.15) is 18.2 Å². The first-order valence-corrected chi connectivity index (χ1v) is 9.64. The van der Waals surface area contributed by atoms with Gasteiger partial charge >= 0.3 is 6.18 Å². The summed E-state index contributed by atoms with van der Waals surface area (Å²) in [4.78, 5) is 17.5. The molecule has 0 unspecified atom stereocenters. The Morgan fingerprint density at radius 2 is 1.46 bits per heavy atom. The number of aromatic amines is 1. The van der Waals surface area contributed by atoms with Gasteiger partial charge in [-0.25, -0.2) is 12.8 Å². The molecule has 1 N–H and O–H groups in total. The van der Waals surface area contributed by atoms with Crippen molar-refractivity contribution in [3.63, 3.8) is 0 Å². The van der Waals surface area contributed by atoms with Crippen LogP contribution in [-0.2, 0) is 16.0 Å². The van der Waals surface area contributed by atoms with Crippen LogP contribution in [0, 0.1) is 5.82 Å². The molecule has 1 aromatic heterocycles. The van der Waals surface area contributed by atoms with Crippen molar-refractivity contribution in [3.8, 4) is 22.4 Å². The van der Waals surface area contributed by atoms with Gasteiger partial charge in [0.2, 0.25) is 5.82 Å². The summed E-state index contributed by atoms with van der Waals surface area (Å²) in [6.45, 7) is 0. The van der Waals surface area contributed by atoms with E-state index in [9.17, 15) is 30.8 Å². The van der Waals surface area contributed by atoms with Crippen molar-refractivity contribution in [1.82, 2.24) is 9.97 Å². The first-order valence-electron chi connectivity index (χ1n) is 7.75. The van der Waals surface area contributed by atoms with Crippen LogP contribution >= 0.6 is 0 Å². The third-order valence-electron chi connectivity index (χ3n) is 3.89. The molecule has 0 spiro atoms. The van der Waals surface area contributed by atoms with Gasteiger partial charge in [-0.15, -0.1) is 0 Å². The maximum atomic E-state index is 13.2. The van der Waals surface area contributed by atoms with Crippen molar-refractivity contribution >= 4 is 9.84 Å². The van der Waals surface area contributed by atoms with Crippen molar-refractivity contribution in [2.45, 2.75) is 11.1 Å². The molecule has 2 aromatic carbocycles. The Morgan fingerprint density at radius 3 is 1.96 bits per heavy atom. The van der Waals surface area contributed by atoms with Gasteiger partial charge in [0.25, 0.3) is 5.56 Å². The van der Waals surface area contributed by atoms with Crippen LogP contribution in [0.25, 0.3) is 22.4 Å². The number of aromatic nitrogens is 2. The van der Waals surface area contributed by atoms with Gasteiger partial charge in [-0.1, -0.05) is 24.3 Å². The average molecular weight is 412 g/mol. The molecule has 1 heterocycles. The Labute approximate surface area is 156 Å². The van der Waals surface area contributed by atoms with E-state index < -0.39 is 33.2 Å². The van der Waals surface area contributed by atoms with E-state index in [2.05, 4.69) is 9.97 Å². The van der Waals surface area contributed by atoms with Crippen LogP contribution in [0.1, 0.15) is 5.82 Å². The minimum Gasteiger partial charge on any atom is -0.335 e. The summed E-state index contributed by atoms with van der Waals surface area (Å²) in [5.74, 6) is -2.08. The summed E-state index contributed by atoms with van der Waals surface area (Å²) in [6, 6.07) is 9.57. The van der Waals surface area contributed by atoms with Gasteiger partial charge in [-0.3, -0.25) is 4.79 Å². The SMILES string of the molecule is CS(=O)(=O)c1ccc(-c2[nH]c(C(F)(F)F)nc(=O)c2-c2ccc(F)cc2)cc1. The zero-order valence-corrected chi connectivity index (χ0v) is 15.0. The lowest BCUT2D eigenvalue weighted by Gasteiger charge is -2.13. The zero-order chi connectivity index (χ0) is 20.7. The van der Waals surface area contributed by atoms with Gasteiger partial charge < -0.3 is 4.98 Å². The minimum absolute atomic E-state index is 0.0352. The predicted octanol–water partition coefficient (Wildman–Crippen LogP) is 3.67. The Morgan fingerprint density at radius 1 is 0.929 bits per heavy atom. The molecule has 0 radical (unpaired) electrons. The molecule has 0 fully saturated rings. The van der Waals surface area contributed by atoms with Crippen LogP contribution < -0.4 is 5.56 Å². The molecule has 3 aromatic rings. The molecule has 10 heteroatoms. The maximum Gasteiger partial charge on any atom is 0.449 e. The number of hydrogen-bond acceptors (Lipinski definition) is 4. The molecule has 28 heavy (non-hydrogen) atoms. The lowest BCUT2D eigenvalue weighted by Crippen LogP contribution is -2.21. The Balaban J connectivity index is 2.29. The van der Waals surface area contributed by atoms with Gasteiger partial charge in [-0.05, 0) is 35.4 Å². The quantitative estimate of drug-likeness (QED) is 0.666. The van der Waals surface area contributed by atoms with Gasteiger partial charge in [0.15, 0.2) is 9.84 Å². The molecule has 146 valence electrons. The average Bonchev–Trinajstić information content (AvgIpc) is 2.61. The maximum absolute atomic E-state index is 13.2. The monoisotopic (exact) mass is 412 g/mol. The second-order valence-electron chi connectivity index (χ2n) is 5.94. The molecule has 0 aliphatic heterocycles. The smallest absolute Gasteiger partial charge is 0.335 e. The Bertz CT molecular complexity index is 1180. The highest BCUT2D eigenvalue weighted by Gasteiger charge is 2.35. The number of nitrogens with zero attached hydrogens (tertiary/aromatic N) is 1. The first-order chi connectivity index (χ1) is 13.0. The molecule has 0 aliphatic carbocycles. The third-order valence-corrected chi connectivity index (χ3v) is 5.02. The number of rotatable bonds is 3. The molecule has 0 saturated carbocycles. The molecule has 0 saturated heterocycles. The van der Waals surface area contributed by atoms with Gasteiger partial charge in [0.1, 0.15) is 5.82 Å². The van der Waals surface area contributed by atoms with Crippen LogP contribution in [0.15, 0.2) is 58.2 Å². The highest BCUT2D eigenvalue weighted by Crippen LogP contribution is 2.32. The Hall–Kier alpha value is -3.01. The van der Waals surface area contributed by atoms with E-state index in [-0.39, 0.29) is 27.3 Å². The fraction of sp³-hybridized carbons (Fsp3) is 0.111. The van der Waals surface area contributed by atoms with Crippen LogP contribution in [0.5, 0.6) is 0 Å². The summed E-state index contributed by atoms with van der Waals surface area (Å²) in [7, 11) is -3.51. The zero-order valence-electron chi connectivity index (χ0n) is 14.2. The lowest BCUT2D eigenvalue weighted by molar-refractivity contribution is -0.145. The second kappa shape index (κ2) is 6.86. The lowest BCUT2D eigenvalue weighted by atomic mass is 10.0. The molecular weight excluding hydrogens is 400 g/mol. The normalized spacial score (nSPS) is 12.2. The van der Waals surface area contributed by atoms with Gasteiger partial charge in [0.05, 0.1) is 16.2 Å². The van der Waals surface area contributed by atoms with Crippen molar-refractivity contribution in [3.05, 3.63) is 70.5 Å². The van der Waals surface area contributed by atoms with Gasteiger partial charge in [0, 0.05) is 6.26 Å². The minimum atomic E-state index is -4.90. The third kappa shape index (κ3) is 3.96. The summed E-state index contributed by atoms with van der Waals surface area (Å²) < 4.78 is 75.7. The standard InChI is InChI=1S/C18H12F4N2O3S/c1-28(26,27)13-8-4-11(5-9-13)15-14(10-2-6-12(19)7-3-10)16(25)24-17(23-15)18(20,21)22/h2-9H,1H3,(H,23,24,25). The number of halogens is 4. The van der Waals surface area contributed by atoms with E-state index in [0.29, 0.717) is 0 Å². The first kappa shape index (κ1) is 19.7. The molecule has 0 bridgehead atoms. The van der Waals surface area contributed by atoms with E-state index in [1.54, 1.807) is 0 Å². The van der Waals surface area contributed by atoms with E-state index in [1.165, 1.54) is 36.4 Å². The predicted molar refractivity (Wildman–Crippen MR) is 93.8 cm³/mol. The Kier molecular flexibility index (Phi) is 4.84. The number of hydrogen-bond donors (Lipinski definition) is 1. The van der Waals surface area contributed by atoms with Crippen LogP contribution in [0.2, 0.25) is 0 Å². The van der Waals surface area contributed by atoms with Crippen LogP contribution in [0.3, 0.4) is 0 Å². The molecular formula is C18H12F4N2O3S. The van der Waals surface area contributed by atoms with Crippen LogP contribution in [0.4, 0.5) is 17.6 Å². The largest absolute Gasteiger partial charge is 0.449 e.